The Bertz CT molecular complexity index is 1440. The molecule has 1 N–H and O–H groups in total. The number of aryl methyl sites for hydroxylation is 1. The van der Waals surface area contributed by atoms with E-state index in [1.165, 1.54) is 0 Å². The molecule has 2 aromatic carbocycles. The molecule has 47 heavy (non-hydrogen) atoms. The molecule has 7 nitrogen and oxygen atoms in total. The fourth-order valence-corrected chi connectivity index (χ4v) is 5.81. The van der Waals surface area contributed by atoms with E-state index >= 15 is 0 Å². The van der Waals surface area contributed by atoms with Gasteiger partial charge in [0.1, 0.15) is 6.61 Å². The van der Waals surface area contributed by atoms with Crippen molar-refractivity contribution in [2.75, 3.05) is 39.5 Å². The Morgan fingerprint density at radius 3 is 2.21 bits per heavy atom. The molecule has 1 atom stereocenters. The average Bonchev–Trinajstić information content (AvgIpc) is 3.02. The molecule has 0 saturated carbocycles. The fourth-order valence-electron chi connectivity index (χ4n) is 5.81. The van der Waals surface area contributed by atoms with Gasteiger partial charge in [-0.3, -0.25) is 19.6 Å². The second-order valence-corrected chi connectivity index (χ2v) is 11.6. The smallest absolute Gasteiger partial charge is 0.430 e. The summed E-state index contributed by atoms with van der Waals surface area (Å²) in [4.78, 5) is 21.2. The molecule has 0 unspecified atom stereocenters. The van der Waals surface area contributed by atoms with Crippen LogP contribution < -0.4 is 0 Å². The van der Waals surface area contributed by atoms with Gasteiger partial charge >= 0.3 is 18.3 Å². The molecule has 1 fully saturated rings. The Balaban J connectivity index is 1.47. The van der Waals surface area contributed by atoms with Gasteiger partial charge in [-0.2, -0.15) is 26.3 Å². The van der Waals surface area contributed by atoms with Crippen molar-refractivity contribution in [1.29, 1.82) is 0 Å². The largest absolute Gasteiger partial charge is 0.463 e. The second-order valence-electron chi connectivity index (χ2n) is 11.6. The molecule has 4 rings (SSSR count). The number of esters is 1. The molecule has 0 aliphatic carbocycles. The van der Waals surface area contributed by atoms with Crippen LogP contribution in [-0.2, 0) is 33.0 Å². The highest BCUT2D eigenvalue weighted by Gasteiger charge is 2.71. The van der Waals surface area contributed by atoms with Gasteiger partial charge in [-0.25, -0.2) is 0 Å². The number of aliphatic hydroxyl groups is 1. The summed E-state index contributed by atoms with van der Waals surface area (Å²) in [6, 6.07) is 13.2. The number of hydrogen-bond acceptors (Lipinski definition) is 7. The van der Waals surface area contributed by atoms with Crippen LogP contribution in [0, 0.1) is 6.92 Å². The third-order valence-corrected chi connectivity index (χ3v) is 8.33. The van der Waals surface area contributed by atoms with E-state index in [1.54, 1.807) is 18.5 Å². The van der Waals surface area contributed by atoms with Crippen LogP contribution in [0.2, 0.25) is 0 Å². The number of rotatable bonds is 13. The van der Waals surface area contributed by atoms with Crippen LogP contribution in [0.3, 0.4) is 0 Å². The van der Waals surface area contributed by atoms with Crippen LogP contribution in [-0.4, -0.2) is 83.7 Å². The van der Waals surface area contributed by atoms with Crippen molar-refractivity contribution in [2.45, 2.75) is 63.8 Å². The predicted octanol–water partition coefficient (Wildman–Crippen LogP) is 6.42. The second kappa shape index (κ2) is 15.6. The maximum Gasteiger partial charge on any atom is 0.430 e. The van der Waals surface area contributed by atoms with E-state index in [0.717, 1.165) is 55.0 Å². The summed E-state index contributed by atoms with van der Waals surface area (Å²) in [7, 11) is 0. The van der Waals surface area contributed by atoms with Crippen LogP contribution in [0.15, 0.2) is 67.0 Å². The predicted molar refractivity (Wildman–Crippen MR) is 163 cm³/mol. The molecular weight excluding hydrogens is 628 g/mol. The van der Waals surface area contributed by atoms with Gasteiger partial charge in [0.05, 0.1) is 6.61 Å². The molecule has 0 amide bonds. The van der Waals surface area contributed by atoms with Crippen LogP contribution in [0.4, 0.5) is 26.3 Å². The molecule has 1 aliphatic heterocycles. The number of carbonyl (C=O) groups excluding carboxylic acids is 1. The number of ether oxygens (including phenoxy) is 2. The van der Waals surface area contributed by atoms with E-state index in [0.29, 0.717) is 49.4 Å². The summed E-state index contributed by atoms with van der Waals surface area (Å²) in [6.45, 7) is 8.41. The van der Waals surface area contributed by atoms with Crippen LogP contribution in [0.5, 0.6) is 0 Å². The highest BCUT2D eigenvalue weighted by atomic mass is 19.4. The molecule has 13 heteroatoms. The zero-order valence-electron chi connectivity index (χ0n) is 26.3. The third-order valence-electron chi connectivity index (χ3n) is 8.33. The van der Waals surface area contributed by atoms with E-state index in [4.69, 9.17) is 9.47 Å². The fraction of sp³-hybridized carbons (Fsp3) is 0.471. The minimum Gasteiger partial charge on any atom is -0.463 e. The van der Waals surface area contributed by atoms with E-state index in [-0.39, 0.29) is 25.0 Å². The third kappa shape index (κ3) is 9.10. The standard InChI is InChI=1S/C34H39F6N3O4/c1-3-46-18-19-47-31(44)11-9-29-23-42(21-25-12-14-41-15-13-25)16-17-43(29)22-26-4-10-30(24(2)20-26)27-5-7-28(8-6-27)32(45,33(35,36)37)34(38,39)40/h4-8,10,12-15,20,29,45H,3,9,11,16-19,21-23H2,1-2H3/t29-/m0/s1. The zero-order chi connectivity index (χ0) is 34.2. The number of aromatic nitrogens is 1. The summed E-state index contributed by atoms with van der Waals surface area (Å²) in [5, 5.41) is 9.71. The van der Waals surface area contributed by atoms with Crippen molar-refractivity contribution in [3.8, 4) is 11.1 Å². The van der Waals surface area contributed by atoms with Crippen LogP contribution in [0.1, 0.15) is 42.0 Å². The summed E-state index contributed by atoms with van der Waals surface area (Å²) in [5.74, 6) is -0.286. The number of hydrogen-bond donors (Lipinski definition) is 1. The average molecular weight is 668 g/mol. The van der Waals surface area contributed by atoms with Gasteiger partial charge in [0.25, 0.3) is 5.60 Å². The molecule has 3 aromatic rings. The number of halogens is 6. The summed E-state index contributed by atoms with van der Waals surface area (Å²) in [6.07, 6.45) is -7.54. The van der Waals surface area contributed by atoms with Gasteiger partial charge in [-0.1, -0.05) is 42.5 Å². The molecule has 256 valence electrons. The summed E-state index contributed by atoms with van der Waals surface area (Å²) in [5.41, 5.74) is -2.34. The van der Waals surface area contributed by atoms with E-state index in [2.05, 4.69) is 14.8 Å². The van der Waals surface area contributed by atoms with E-state index in [9.17, 15) is 36.2 Å². The lowest BCUT2D eigenvalue weighted by molar-refractivity contribution is -0.376. The van der Waals surface area contributed by atoms with E-state index < -0.39 is 23.5 Å². The van der Waals surface area contributed by atoms with Gasteiger partial charge in [0.2, 0.25) is 0 Å². The monoisotopic (exact) mass is 667 g/mol. The number of pyridine rings is 1. The van der Waals surface area contributed by atoms with Gasteiger partial charge in [0.15, 0.2) is 0 Å². The molecule has 1 aromatic heterocycles. The Labute approximate surface area is 270 Å². The first-order valence-corrected chi connectivity index (χ1v) is 15.4. The minimum atomic E-state index is -5.95. The lowest BCUT2D eigenvalue weighted by Crippen LogP contribution is -2.53. The quantitative estimate of drug-likeness (QED) is 0.128. The Morgan fingerprint density at radius 1 is 0.915 bits per heavy atom. The molecule has 0 bridgehead atoms. The molecule has 1 saturated heterocycles. The molecule has 0 radical (unpaired) electrons. The summed E-state index contributed by atoms with van der Waals surface area (Å²) >= 11 is 0. The first-order chi connectivity index (χ1) is 22.2. The highest BCUT2D eigenvalue weighted by Crippen LogP contribution is 2.50. The zero-order valence-corrected chi connectivity index (χ0v) is 26.3. The van der Waals surface area contributed by atoms with Crippen molar-refractivity contribution in [3.05, 3.63) is 89.2 Å². The van der Waals surface area contributed by atoms with Gasteiger partial charge in [-0.15, -0.1) is 0 Å². The molecule has 2 heterocycles. The SMILES string of the molecule is CCOCCOC(=O)CC[C@H]1CN(Cc2ccncc2)CCN1Cc1ccc(-c2ccc(C(O)(C(F)(F)F)C(F)(F)F)cc2)c(C)c1. The Morgan fingerprint density at radius 2 is 1.60 bits per heavy atom. The van der Waals surface area contributed by atoms with Crippen LogP contribution >= 0.6 is 0 Å². The lowest BCUT2D eigenvalue weighted by atomic mass is 9.90. The lowest BCUT2D eigenvalue weighted by Gasteiger charge is -2.41. The number of carbonyl (C=O) groups is 1. The molecule has 1 aliphatic rings. The molecular formula is C34H39F6N3O4. The van der Waals surface area contributed by atoms with Crippen LogP contribution in [0.25, 0.3) is 11.1 Å². The minimum absolute atomic E-state index is 0.0542. The maximum atomic E-state index is 13.3. The number of piperazine rings is 1. The Hall–Kier alpha value is -3.52. The number of nitrogens with zero attached hydrogens (tertiary/aromatic N) is 3. The molecule has 0 spiro atoms. The normalized spacial score (nSPS) is 16.7. The number of alkyl halides is 6. The van der Waals surface area contributed by atoms with Crippen molar-refractivity contribution in [3.63, 3.8) is 0 Å². The maximum absolute atomic E-state index is 13.3. The van der Waals surface area contributed by atoms with Crippen molar-refractivity contribution in [1.82, 2.24) is 14.8 Å². The van der Waals surface area contributed by atoms with Crippen molar-refractivity contribution < 1.29 is 45.7 Å². The van der Waals surface area contributed by atoms with E-state index in [1.807, 2.05) is 38.1 Å². The first kappa shape index (κ1) is 36.3. The Kier molecular flexibility index (Phi) is 12.0. The summed E-state index contributed by atoms with van der Waals surface area (Å²) < 4.78 is 90.4. The van der Waals surface area contributed by atoms with Gasteiger partial charge in [-0.05, 0) is 60.2 Å². The number of benzene rings is 2. The first-order valence-electron chi connectivity index (χ1n) is 15.4. The highest BCUT2D eigenvalue weighted by molar-refractivity contribution is 5.69. The van der Waals surface area contributed by atoms with Crippen molar-refractivity contribution in [2.24, 2.45) is 0 Å². The topological polar surface area (TPSA) is 75.1 Å². The van der Waals surface area contributed by atoms with Gasteiger partial charge in [0, 0.05) is 69.8 Å². The van der Waals surface area contributed by atoms with Crippen molar-refractivity contribution >= 4 is 5.97 Å². The van der Waals surface area contributed by atoms with Gasteiger partial charge < -0.3 is 14.6 Å².